The molecule has 57 heavy (non-hydrogen) atoms. The molecule has 0 radical (unpaired) electrons. The van der Waals surface area contributed by atoms with Gasteiger partial charge in [0.2, 0.25) is 0 Å². The van der Waals surface area contributed by atoms with Gasteiger partial charge in [0.25, 0.3) is 0 Å². The second kappa shape index (κ2) is 11.3. The Morgan fingerprint density at radius 3 is 1.39 bits per heavy atom. The molecule has 264 valence electrons. The summed E-state index contributed by atoms with van der Waals surface area (Å²) in [6.45, 7) is 0. The number of rotatable bonds is 2. The average Bonchev–Trinajstić information content (AvgIpc) is 3.75. The molecule has 2 nitrogen and oxygen atoms in total. The summed E-state index contributed by atoms with van der Waals surface area (Å²) in [5.41, 5.74) is 15.6. The van der Waals surface area contributed by atoms with E-state index >= 15 is 0 Å². The SMILES string of the molecule is c1ccc2c(c1)Oc1ccccc1N2c1ccc2c(c1)C1(c3ccccc3-c3ccccc31)c1cc(-c3ccc4c5ccccc5c5ccccc5c4c3)ccc1-2. The largest absolute Gasteiger partial charge is 0.453 e. The van der Waals surface area contributed by atoms with Gasteiger partial charge in [-0.1, -0.05) is 152 Å². The van der Waals surface area contributed by atoms with Crippen LogP contribution < -0.4 is 9.64 Å². The molecule has 2 aliphatic carbocycles. The normalized spacial score (nSPS) is 13.9. The van der Waals surface area contributed by atoms with Crippen LogP contribution in [0.4, 0.5) is 17.1 Å². The van der Waals surface area contributed by atoms with Crippen LogP contribution >= 0.6 is 0 Å². The maximum Gasteiger partial charge on any atom is 0.151 e. The maximum absolute atomic E-state index is 6.44. The summed E-state index contributed by atoms with van der Waals surface area (Å²) in [6.07, 6.45) is 0. The molecule has 0 N–H and O–H groups in total. The van der Waals surface area contributed by atoms with Crippen molar-refractivity contribution >= 4 is 49.4 Å². The molecule has 0 saturated carbocycles. The lowest BCUT2D eigenvalue weighted by Gasteiger charge is -2.34. The van der Waals surface area contributed by atoms with E-state index in [9.17, 15) is 0 Å². The lowest BCUT2D eigenvalue weighted by Crippen LogP contribution is -2.26. The highest BCUT2D eigenvalue weighted by Crippen LogP contribution is 2.64. The topological polar surface area (TPSA) is 12.5 Å². The smallest absolute Gasteiger partial charge is 0.151 e. The number of ether oxygens (including phenoxy) is 1. The number of nitrogens with zero attached hydrogens (tertiary/aromatic N) is 1. The van der Waals surface area contributed by atoms with E-state index in [0.717, 1.165) is 28.6 Å². The Hall–Kier alpha value is -7.42. The van der Waals surface area contributed by atoms with Crippen LogP contribution in [0.3, 0.4) is 0 Å². The molecule has 10 aromatic carbocycles. The summed E-state index contributed by atoms with van der Waals surface area (Å²) in [5.74, 6) is 1.71. The third kappa shape index (κ3) is 4.04. The summed E-state index contributed by atoms with van der Waals surface area (Å²) >= 11 is 0. The lowest BCUT2D eigenvalue weighted by molar-refractivity contribution is 0.477. The first kappa shape index (κ1) is 30.9. The van der Waals surface area contributed by atoms with Crippen molar-refractivity contribution in [3.63, 3.8) is 0 Å². The van der Waals surface area contributed by atoms with Crippen molar-refractivity contribution in [2.24, 2.45) is 0 Å². The van der Waals surface area contributed by atoms with Crippen molar-refractivity contribution in [3.8, 4) is 44.9 Å². The summed E-state index contributed by atoms with van der Waals surface area (Å²) in [7, 11) is 0. The maximum atomic E-state index is 6.44. The summed E-state index contributed by atoms with van der Waals surface area (Å²) in [6, 6.07) is 73.9. The van der Waals surface area contributed by atoms with Gasteiger partial charge in [-0.3, -0.25) is 0 Å². The Morgan fingerprint density at radius 2 is 0.754 bits per heavy atom. The minimum Gasteiger partial charge on any atom is -0.453 e. The van der Waals surface area contributed by atoms with Crippen molar-refractivity contribution < 1.29 is 4.74 Å². The molecule has 0 atom stereocenters. The summed E-state index contributed by atoms with van der Waals surface area (Å²) < 4.78 is 6.44. The minimum atomic E-state index is -0.505. The van der Waals surface area contributed by atoms with Gasteiger partial charge in [-0.05, 0) is 136 Å². The second-order valence-electron chi connectivity index (χ2n) is 15.6. The second-order valence-corrected chi connectivity index (χ2v) is 15.6. The third-order valence-electron chi connectivity index (χ3n) is 12.8. The molecule has 0 fully saturated rings. The van der Waals surface area contributed by atoms with Gasteiger partial charge in [-0.25, -0.2) is 0 Å². The molecule has 0 unspecified atom stereocenters. The van der Waals surface area contributed by atoms with Crippen LogP contribution in [-0.4, -0.2) is 0 Å². The zero-order valence-corrected chi connectivity index (χ0v) is 30.9. The third-order valence-corrected chi connectivity index (χ3v) is 12.8. The number of hydrogen-bond donors (Lipinski definition) is 0. The molecule has 1 heterocycles. The highest BCUT2D eigenvalue weighted by Gasteiger charge is 2.52. The molecular weight excluding hydrogens is 691 g/mol. The number of para-hydroxylation sites is 4. The number of hydrogen-bond acceptors (Lipinski definition) is 2. The lowest BCUT2D eigenvalue weighted by atomic mass is 9.70. The molecule has 0 aromatic heterocycles. The predicted octanol–water partition coefficient (Wildman–Crippen LogP) is 14.7. The van der Waals surface area contributed by atoms with E-state index < -0.39 is 5.41 Å². The van der Waals surface area contributed by atoms with E-state index in [2.05, 4.69) is 193 Å². The number of fused-ring (bicyclic) bond motifs is 18. The van der Waals surface area contributed by atoms with E-state index in [-0.39, 0.29) is 0 Å². The highest BCUT2D eigenvalue weighted by molar-refractivity contribution is 6.25. The van der Waals surface area contributed by atoms with E-state index in [4.69, 9.17) is 4.74 Å². The zero-order chi connectivity index (χ0) is 37.2. The molecule has 1 spiro atoms. The first-order valence-corrected chi connectivity index (χ1v) is 19.8. The highest BCUT2D eigenvalue weighted by atomic mass is 16.5. The monoisotopic (exact) mass is 723 g/mol. The van der Waals surface area contributed by atoms with Crippen molar-refractivity contribution in [1.82, 2.24) is 0 Å². The fourth-order valence-electron chi connectivity index (χ4n) is 10.5. The first-order valence-electron chi connectivity index (χ1n) is 19.8. The summed E-state index contributed by atoms with van der Waals surface area (Å²) in [4.78, 5) is 2.37. The molecule has 2 heteroatoms. The van der Waals surface area contributed by atoms with Crippen LogP contribution in [0.1, 0.15) is 22.3 Å². The van der Waals surface area contributed by atoms with Gasteiger partial charge in [0, 0.05) is 5.69 Å². The van der Waals surface area contributed by atoms with Crippen LogP contribution in [0.25, 0.3) is 65.7 Å². The van der Waals surface area contributed by atoms with Crippen LogP contribution in [-0.2, 0) is 5.41 Å². The van der Waals surface area contributed by atoms with Gasteiger partial charge in [-0.15, -0.1) is 0 Å². The Bertz CT molecular complexity index is 3230. The van der Waals surface area contributed by atoms with Gasteiger partial charge in [0.05, 0.1) is 16.8 Å². The average molecular weight is 724 g/mol. The van der Waals surface area contributed by atoms with Gasteiger partial charge >= 0.3 is 0 Å². The van der Waals surface area contributed by atoms with Crippen LogP contribution in [0.15, 0.2) is 200 Å². The standard InChI is InChI=1S/C55H33NO/c1-2-15-39-37(13-1)38-14-3-4-16-40(38)46-31-34(25-28-41(39)46)35-26-29-44-45-30-27-36(56-51-21-9-11-23-53(51)57-54-24-12-10-22-52(54)56)33-50(45)55(49(44)32-35)47-19-7-5-17-42(47)43-18-6-8-20-48(43)55/h1-33H. The number of anilines is 3. The zero-order valence-electron chi connectivity index (χ0n) is 30.9. The van der Waals surface area contributed by atoms with E-state index in [0.29, 0.717) is 0 Å². The van der Waals surface area contributed by atoms with E-state index in [1.54, 1.807) is 0 Å². The van der Waals surface area contributed by atoms with Crippen molar-refractivity contribution in [2.75, 3.05) is 4.90 Å². The van der Waals surface area contributed by atoms with E-state index in [1.165, 1.54) is 88.0 Å². The minimum absolute atomic E-state index is 0.505. The quantitative estimate of drug-likeness (QED) is 0.165. The predicted molar refractivity (Wildman–Crippen MR) is 235 cm³/mol. The van der Waals surface area contributed by atoms with Crippen LogP contribution in [0.2, 0.25) is 0 Å². The fourth-order valence-corrected chi connectivity index (χ4v) is 10.5. The van der Waals surface area contributed by atoms with Gasteiger partial charge < -0.3 is 9.64 Å². The summed E-state index contributed by atoms with van der Waals surface area (Å²) in [5, 5.41) is 7.74. The Morgan fingerprint density at radius 1 is 0.316 bits per heavy atom. The molecule has 0 amide bonds. The first-order chi connectivity index (χ1) is 28.3. The van der Waals surface area contributed by atoms with Gasteiger partial charge in [0.1, 0.15) is 0 Å². The Balaban J connectivity index is 1.07. The Kier molecular flexibility index (Phi) is 6.13. The molecule has 3 aliphatic rings. The van der Waals surface area contributed by atoms with Gasteiger partial charge in [0.15, 0.2) is 11.5 Å². The number of benzene rings is 10. The Labute approximate surface area is 330 Å². The van der Waals surface area contributed by atoms with Crippen molar-refractivity contribution in [1.29, 1.82) is 0 Å². The molecule has 10 aromatic rings. The van der Waals surface area contributed by atoms with Gasteiger partial charge in [-0.2, -0.15) is 0 Å². The van der Waals surface area contributed by atoms with Crippen molar-refractivity contribution in [2.45, 2.75) is 5.41 Å². The van der Waals surface area contributed by atoms with Crippen molar-refractivity contribution in [3.05, 3.63) is 222 Å². The fraction of sp³-hybridized carbons (Fsp3) is 0.0182. The molecular formula is C55H33NO. The molecule has 1 aliphatic heterocycles. The van der Waals surface area contributed by atoms with E-state index in [1.807, 2.05) is 12.1 Å². The molecule has 0 saturated heterocycles. The van der Waals surface area contributed by atoms with Crippen LogP contribution in [0.5, 0.6) is 11.5 Å². The molecule has 0 bridgehead atoms. The van der Waals surface area contributed by atoms with Crippen LogP contribution in [0, 0.1) is 0 Å². The molecule has 13 rings (SSSR count).